The van der Waals surface area contributed by atoms with Gasteiger partial charge in [-0.1, -0.05) is 42.1 Å². The molecule has 0 aliphatic rings. The second-order valence-electron chi connectivity index (χ2n) is 5.21. The quantitative estimate of drug-likeness (QED) is 0.635. The molecule has 0 fully saturated rings. The van der Waals surface area contributed by atoms with E-state index in [1.807, 2.05) is 61.7 Å². The van der Waals surface area contributed by atoms with Crippen molar-refractivity contribution in [3.63, 3.8) is 0 Å². The molecule has 2 nitrogen and oxygen atoms in total. The van der Waals surface area contributed by atoms with Crippen LogP contribution in [-0.2, 0) is 0 Å². The van der Waals surface area contributed by atoms with Gasteiger partial charge < -0.3 is 5.11 Å². The summed E-state index contributed by atoms with van der Waals surface area (Å²) < 4.78 is 0. The molecule has 0 amide bonds. The maximum Gasteiger partial charge on any atom is 0.115 e. The molecular formula is C20H17NOS. The van der Waals surface area contributed by atoms with Crippen LogP contribution in [-0.4, -0.2) is 11.3 Å². The molecule has 0 spiro atoms. The summed E-state index contributed by atoms with van der Waals surface area (Å²) in [6.45, 7) is 2.00. The summed E-state index contributed by atoms with van der Waals surface area (Å²) in [6, 6.07) is 23.6. The van der Waals surface area contributed by atoms with Crippen LogP contribution >= 0.6 is 11.8 Å². The molecule has 3 aromatic rings. The number of rotatable bonds is 4. The van der Waals surface area contributed by atoms with Crippen molar-refractivity contribution in [2.75, 3.05) is 0 Å². The summed E-state index contributed by atoms with van der Waals surface area (Å²) >= 11 is 1.68. The van der Waals surface area contributed by atoms with Crippen molar-refractivity contribution in [1.29, 1.82) is 0 Å². The van der Waals surface area contributed by atoms with Crippen LogP contribution in [0.4, 0.5) is 5.69 Å². The van der Waals surface area contributed by atoms with E-state index in [4.69, 9.17) is 0 Å². The Kier molecular flexibility index (Phi) is 4.79. The Balaban J connectivity index is 1.71. The monoisotopic (exact) mass is 319 g/mol. The number of aliphatic imine (C=N–C) groups is 1. The number of nitrogens with zero attached hydrogens (tertiary/aromatic N) is 1. The lowest BCUT2D eigenvalue weighted by Gasteiger charge is -2.06. The summed E-state index contributed by atoms with van der Waals surface area (Å²) in [7, 11) is 0. The van der Waals surface area contributed by atoms with Crippen LogP contribution in [0.5, 0.6) is 5.75 Å². The van der Waals surface area contributed by atoms with Crippen LogP contribution in [0.25, 0.3) is 0 Å². The highest BCUT2D eigenvalue weighted by atomic mass is 32.2. The molecule has 0 aliphatic heterocycles. The van der Waals surface area contributed by atoms with Crippen LogP contribution in [0, 0.1) is 6.92 Å². The first-order valence-corrected chi connectivity index (χ1v) is 8.19. The highest BCUT2D eigenvalue weighted by Gasteiger charge is 2.02. The fraction of sp³-hybridized carbons (Fsp3) is 0.0500. The minimum absolute atomic E-state index is 0.303. The lowest BCUT2D eigenvalue weighted by Crippen LogP contribution is -1.80. The Morgan fingerprint density at radius 1 is 0.913 bits per heavy atom. The predicted octanol–water partition coefficient (Wildman–Crippen LogP) is 5.60. The van der Waals surface area contributed by atoms with Crippen molar-refractivity contribution in [3.8, 4) is 5.75 Å². The SMILES string of the molecule is Cc1cc(O)ccc1Sc1ccc(N=Cc2ccccc2)cc1. The number of hydrogen-bond acceptors (Lipinski definition) is 3. The van der Waals surface area contributed by atoms with Gasteiger partial charge in [0.15, 0.2) is 0 Å². The standard InChI is InChI=1S/C20H17NOS/c1-15-13-18(22)9-12-20(15)23-19-10-7-17(8-11-19)21-14-16-5-3-2-4-6-16/h2-14,22H,1H3. The first kappa shape index (κ1) is 15.4. The molecule has 0 aliphatic carbocycles. The van der Waals surface area contributed by atoms with E-state index in [1.54, 1.807) is 23.9 Å². The molecule has 0 unspecified atom stereocenters. The normalized spacial score (nSPS) is 11.0. The number of benzene rings is 3. The van der Waals surface area contributed by atoms with Gasteiger partial charge in [-0.25, -0.2) is 0 Å². The zero-order chi connectivity index (χ0) is 16.1. The zero-order valence-corrected chi connectivity index (χ0v) is 13.6. The highest BCUT2D eigenvalue weighted by Crippen LogP contribution is 2.32. The van der Waals surface area contributed by atoms with Gasteiger partial charge in [0.25, 0.3) is 0 Å². The van der Waals surface area contributed by atoms with Crippen LogP contribution in [0.3, 0.4) is 0 Å². The molecule has 0 bridgehead atoms. The predicted molar refractivity (Wildman–Crippen MR) is 97.1 cm³/mol. The van der Waals surface area contributed by atoms with Crippen molar-refractivity contribution in [1.82, 2.24) is 0 Å². The Bertz CT molecular complexity index is 811. The van der Waals surface area contributed by atoms with E-state index < -0.39 is 0 Å². The van der Waals surface area contributed by atoms with Crippen LogP contribution < -0.4 is 0 Å². The molecule has 0 heterocycles. The third-order valence-electron chi connectivity index (χ3n) is 3.39. The molecule has 0 aromatic heterocycles. The lowest BCUT2D eigenvalue weighted by molar-refractivity contribution is 0.474. The fourth-order valence-corrected chi connectivity index (χ4v) is 3.05. The topological polar surface area (TPSA) is 32.6 Å². The Morgan fingerprint density at radius 3 is 2.35 bits per heavy atom. The van der Waals surface area contributed by atoms with Crippen molar-refractivity contribution < 1.29 is 5.11 Å². The number of phenolic OH excluding ortho intramolecular Hbond substituents is 1. The Morgan fingerprint density at radius 2 is 1.65 bits per heavy atom. The van der Waals surface area contributed by atoms with Gasteiger partial charge in [0.1, 0.15) is 5.75 Å². The van der Waals surface area contributed by atoms with E-state index >= 15 is 0 Å². The van der Waals surface area contributed by atoms with E-state index in [-0.39, 0.29) is 0 Å². The zero-order valence-electron chi connectivity index (χ0n) is 12.8. The summed E-state index contributed by atoms with van der Waals surface area (Å²) in [6.07, 6.45) is 1.87. The number of phenols is 1. The largest absolute Gasteiger partial charge is 0.508 e. The van der Waals surface area contributed by atoms with Crippen molar-refractivity contribution in [2.24, 2.45) is 4.99 Å². The van der Waals surface area contributed by atoms with Gasteiger partial charge in [-0.15, -0.1) is 0 Å². The van der Waals surface area contributed by atoms with Gasteiger partial charge in [0.05, 0.1) is 5.69 Å². The van der Waals surface area contributed by atoms with Gasteiger partial charge in [0, 0.05) is 16.0 Å². The van der Waals surface area contributed by atoms with Gasteiger partial charge in [-0.3, -0.25) is 4.99 Å². The van der Waals surface area contributed by atoms with E-state index in [2.05, 4.69) is 17.1 Å². The van der Waals surface area contributed by atoms with E-state index in [9.17, 15) is 5.11 Å². The van der Waals surface area contributed by atoms with Gasteiger partial charge in [-0.2, -0.15) is 0 Å². The van der Waals surface area contributed by atoms with Crippen molar-refractivity contribution >= 4 is 23.7 Å². The molecule has 114 valence electrons. The minimum Gasteiger partial charge on any atom is -0.508 e. The number of aryl methyl sites for hydroxylation is 1. The first-order valence-electron chi connectivity index (χ1n) is 7.37. The summed E-state index contributed by atoms with van der Waals surface area (Å²) in [4.78, 5) is 6.78. The average molecular weight is 319 g/mol. The minimum atomic E-state index is 0.303. The van der Waals surface area contributed by atoms with Crippen LogP contribution in [0.2, 0.25) is 0 Å². The molecule has 3 rings (SSSR count). The van der Waals surface area contributed by atoms with Crippen LogP contribution in [0.15, 0.2) is 87.6 Å². The summed E-state index contributed by atoms with van der Waals surface area (Å²) in [5, 5.41) is 9.47. The highest BCUT2D eigenvalue weighted by molar-refractivity contribution is 7.99. The molecular weight excluding hydrogens is 302 g/mol. The number of aromatic hydroxyl groups is 1. The molecule has 0 atom stereocenters. The maximum atomic E-state index is 9.47. The molecule has 3 aromatic carbocycles. The van der Waals surface area contributed by atoms with E-state index in [0.717, 1.165) is 26.6 Å². The van der Waals surface area contributed by atoms with Crippen molar-refractivity contribution in [2.45, 2.75) is 16.7 Å². The smallest absolute Gasteiger partial charge is 0.115 e. The Labute approximate surface area is 140 Å². The third kappa shape index (κ3) is 4.24. The van der Waals surface area contributed by atoms with Crippen LogP contribution in [0.1, 0.15) is 11.1 Å². The molecule has 0 radical (unpaired) electrons. The second kappa shape index (κ2) is 7.16. The molecule has 0 saturated heterocycles. The maximum absolute atomic E-state index is 9.47. The van der Waals surface area contributed by atoms with E-state index in [1.165, 1.54) is 0 Å². The molecule has 3 heteroatoms. The first-order chi connectivity index (χ1) is 11.2. The Hall–Kier alpha value is -2.52. The molecule has 1 N–H and O–H groups in total. The summed E-state index contributed by atoms with van der Waals surface area (Å²) in [5.41, 5.74) is 3.09. The summed E-state index contributed by atoms with van der Waals surface area (Å²) in [5.74, 6) is 0.303. The average Bonchev–Trinajstić information content (AvgIpc) is 2.58. The van der Waals surface area contributed by atoms with E-state index in [0.29, 0.717) is 5.75 Å². The lowest BCUT2D eigenvalue weighted by atomic mass is 10.2. The van der Waals surface area contributed by atoms with Gasteiger partial charge in [0.2, 0.25) is 0 Å². The molecule has 0 saturated carbocycles. The second-order valence-corrected chi connectivity index (χ2v) is 6.33. The molecule has 23 heavy (non-hydrogen) atoms. The van der Waals surface area contributed by atoms with Gasteiger partial charge >= 0.3 is 0 Å². The fourth-order valence-electron chi connectivity index (χ4n) is 2.16. The number of hydrogen-bond donors (Lipinski definition) is 1. The third-order valence-corrected chi connectivity index (χ3v) is 4.57. The van der Waals surface area contributed by atoms with Crippen molar-refractivity contribution in [3.05, 3.63) is 83.9 Å². The van der Waals surface area contributed by atoms with Gasteiger partial charge in [-0.05, 0) is 60.5 Å².